The minimum atomic E-state index is -0.304. The number of amides is 2. The van der Waals surface area contributed by atoms with E-state index >= 15 is 0 Å². The Balaban J connectivity index is 1.42. The molecule has 5 rings (SSSR count). The molecule has 144 valence electrons. The SMILES string of the molecule is N#Cc1ccccc1CSc1nc2ccc(N3C(=O)c4ccccc4C3=O)cc2s1. The van der Waals surface area contributed by atoms with Gasteiger partial charge in [-0.1, -0.05) is 42.1 Å². The van der Waals surface area contributed by atoms with Gasteiger partial charge in [0.25, 0.3) is 11.8 Å². The van der Waals surface area contributed by atoms with E-state index in [1.54, 1.807) is 42.1 Å². The Kier molecular flexibility index (Phi) is 4.58. The molecule has 0 fully saturated rings. The molecule has 0 saturated heterocycles. The van der Waals surface area contributed by atoms with E-state index in [1.165, 1.54) is 16.2 Å². The Labute approximate surface area is 180 Å². The highest BCUT2D eigenvalue weighted by molar-refractivity contribution is 8.00. The molecule has 7 heteroatoms. The standard InChI is InChI=1S/C23H13N3O2S2/c24-12-14-5-1-2-6-15(14)13-29-23-25-19-10-9-16(11-20(19)30-23)26-21(27)17-7-3-4-8-18(17)22(26)28/h1-11H,13H2. The second-order valence-electron chi connectivity index (χ2n) is 6.68. The van der Waals surface area contributed by atoms with Crippen molar-refractivity contribution in [2.45, 2.75) is 10.1 Å². The van der Waals surface area contributed by atoms with Gasteiger partial charge in [-0.3, -0.25) is 9.59 Å². The largest absolute Gasteiger partial charge is 0.268 e. The van der Waals surface area contributed by atoms with Gasteiger partial charge in [-0.15, -0.1) is 11.3 Å². The zero-order valence-corrected chi connectivity index (χ0v) is 17.2. The molecule has 2 heterocycles. The molecule has 30 heavy (non-hydrogen) atoms. The molecule has 0 saturated carbocycles. The number of rotatable bonds is 4. The third-order valence-corrected chi connectivity index (χ3v) is 7.10. The smallest absolute Gasteiger partial charge is 0.266 e. The first-order chi connectivity index (χ1) is 14.7. The van der Waals surface area contributed by atoms with Gasteiger partial charge >= 0.3 is 0 Å². The topological polar surface area (TPSA) is 74.1 Å². The van der Waals surface area contributed by atoms with Gasteiger partial charge in [0.15, 0.2) is 4.34 Å². The zero-order chi connectivity index (χ0) is 20.7. The summed E-state index contributed by atoms with van der Waals surface area (Å²) in [4.78, 5) is 31.3. The van der Waals surface area contributed by atoms with Gasteiger partial charge in [-0.25, -0.2) is 9.88 Å². The van der Waals surface area contributed by atoms with Gasteiger partial charge < -0.3 is 0 Å². The number of aromatic nitrogens is 1. The molecule has 0 unspecified atom stereocenters. The van der Waals surface area contributed by atoms with Crippen LogP contribution in [0.1, 0.15) is 31.8 Å². The van der Waals surface area contributed by atoms with Crippen molar-refractivity contribution >= 4 is 50.8 Å². The first kappa shape index (κ1) is 18.6. The minimum Gasteiger partial charge on any atom is -0.268 e. The van der Waals surface area contributed by atoms with Crippen LogP contribution in [0.4, 0.5) is 5.69 Å². The Hall–Kier alpha value is -3.47. The maximum Gasteiger partial charge on any atom is 0.266 e. The summed E-state index contributed by atoms with van der Waals surface area (Å²) < 4.78 is 1.78. The van der Waals surface area contributed by atoms with E-state index in [1.807, 2.05) is 36.4 Å². The fraction of sp³-hybridized carbons (Fsp3) is 0.0435. The molecule has 3 aromatic carbocycles. The van der Waals surface area contributed by atoms with Crippen molar-refractivity contribution in [2.24, 2.45) is 0 Å². The molecule has 1 aromatic heterocycles. The number of carbonyl (C=O) groups is 2. The number of thioether (sulfide) groups is 1. The highest BCUT2D eigenvalue weighted by Crippen LogP contribution is 2.36. The van der Waals surface area contributed by atoms with E-state index in [2.05, 4.69) is 11.1 Å². The van der Waals surface area contributed by atoms with Crippen molar-refractivity contribution in [3.05, 3.63) is 89.0 Å². The molecule has 1 aliphatic heterocycles. The third-order valence-electron chi connectivity index (χ3n) is 4.89. The number of thiazole rings is 1. The Morgan fingerprint density at radius 2 is 1.67 bits per heavy atom. The predicted octanol–water partition coefficient (Wildman–Crippen LogP) is 5.26. The summed E-state index contributed by atoms with van der Waals surface area (Å²) in [6.07, 6.45) is 0. The van der Waals surface area contributed by atoms with Crippen LogP contribution in [0.15, 0.2) is 71.1 Å². The number of nitriles is 1. The molecule has 0 aliphatic carbocycles. The summed E-state index contributed by atoms with van der Waals surface area (Å²) in [5.74, 6) is 0.0406. The van der Waals surface area contributed by atoms with E-state index < -0.39 is 0 Å². The van der Waals surface area contributed by atoms with E-state index in [4.69, 9.17) is 0 Å². The molecule has 2 amide bonds. The minimum absolute atomic E-state index is 0.304. The molecule has 0 radical (unpaired) electrons. The second kappa shape index (κ2) is 7.41. The summed E-state index contributed by atoms with van der Waals surface area (Å²) >= 11 is 3.08. The van der Waals surface area contributed by atoms with Crippen LogP contribution in [0.2, 0.25) is 0 Å². The van der Waals surface area contributed by atoms with Gasteiger partial charge in [0.2, 0.25) is 0 Å². The van der Waals surface area contributed by atoms with Crippen molar-refractivity contribution in [3.8, 4) is 6.07 Å². The number of benzene rings is 3. The number of nitrogens with zero attached hydrogens (tertiary/aromatic N) is 3. The fourth-order valence-electron chi connectivity index (χ4n) is 3.41. The Bertz CT molecular complexity index is 1340. The average Bonchev–Trinajstić information content (AvgIpc) is 3.30. The summed E-state index contributed by atoms with van der Waals surface area (Å²) in [5, 5.41) is 9.24. The lowest BCUT2D eigenvalue weighted by Crippen LogP contribution is -2.29. The summed E-state index contributed by atoms with van der Waals surface area (Å²) in [5.41, 5.74) is 3.86. The van der Waals surface area contributed by atoms with Crippen LogP contribution in [-0.2, 0) is 5.75 Å². The van der Waals surface area contributed by atoms with Crippen molar-refractivity contribution in [1.29, 1.82) is 5.26 Å². The molecular formula is C23H13N3O2S2. The van der Waals surface area contributed by atoms with Crippen LogP contribution in [0.3, 0.4) is 0 Å². The van der Waals surface area contributed by atoms with E-state index in [0.29, 0.717) is 28.1 Å². The number of carbonyl (C=O) groups excluding carboxylic acids is 2. The number of imide groups is 1. The number of hydrogen-bond donors (Lipinski definition) is 0. The van der Waals surface area contributed by atoms with Gasteiger partial charge in [-0.05, 0) is 42.0 Å². The zero-order valence-electron chi connectivity index (χ0n) is 15.5. The molecule has 1 aliphatic rings. The molecule has 0 bridgehead atoms. The molecular weight excluding hydrogens is 414 g/mol. The monoisotopic (exact) mass is 427 g/mol. The van der Waals surface area contributed by atoms with Crippen LogP contribution < -0.4 is 4.90 Å². The summed E-state index contributed by atoms with van der Waals surface area (Å²) in [6.45, 7) is 0. The average molecular weight is 428 g/mol. The normalized spacial score (nSPS) is 13.0. The molecule has 0 atom stereocenters. The van der Waals surface area contributed by atoms with Crippen LogP contribution in [-0.4, -0.2) is 16.8 Å². The van der Waals surface area contributed by atoms with E-state index in [9.17, 15) is 14.9 Å². The fourth-order valence-corrected chi connectivity index (χ4v) is 5.52. The first-order valence-electron chi connectivity index (χ1n) is 9.15. The third kappa shape index (κ3) is 3.07. The second-order valence-corrected chi connectivity index (χ2v) is 8.93. The van der Waals surface area contributed by atoms with Crippen molar-refractivity contribution in [2.75, 3.05) is 4.90 Å². The molecule has 4 aromatic rings. The van der Waals surface area contributed by atoms with Crippen LogP contribution in [0, 0.1) is 11.3 Å². The van der Waals surface area contributed by atoms with Crippen LogP contribution in [0.5, 0.6) is 0 Å². The highest BCUT2D eigenvalue weighted by Gasteiger charge is 2.36. The molecule has 0 spiro atoms. The molecule has 0 N–H and O–H groups in total. The van der Waals surface area contributed by atoms with Crippen molar-refractivity contribution in [1.82, 2.24) is 4.98 Å². The number of fused-ring (bicyclic) bond motifs is 2. The van der Waals surface area contributed by atoms with Gasteiger partial charge in [-0.2, -0.15) is 5.26 Å². The van der Waals surface area contributed by atoms with Crippen molar-refractivity contribution < 1.29 is 9.59 Å². The van der Waals surface area contributed by atoms with Crippen LogP contribution >= 0.6 is 23.1 Å². The number of hydrogen-bond acceptors (Lipinski definition) is 6. The molecule has 5 nitrogen and oxygen atoms in total. The Morgan fingerprint density at radius 3 is 2.40 bits per heavy atom. The van der Waals surface area contributed by atoms with E-state index in [-0.39, 0.29) is 11.8 Å². The summed E-state index contributed by atoms with van der Waals surface area (Å²) in [6, 6.07) is 22.0. The Morgan fingerprint density at radius 1 is 0.967 bits per heavy atom. The summed E-state index contributed by atoms with van der Waals surface area (Å²) in [7, 11) is 0. The lowest BCUT2D eigenvalue weighted by Gasteiger charge is -2.13. The maximum atomic E-state index is 12.7. The van der Waals surface area contributed by atoms with Gasteiger partial charge in [0.05, 0.1) is 38.7 Å². The maximum absolute atomic E-state index is 12.7. The van der Waals surface area contributed by atoms with Gasteiger partial charge in [0, 0.05) is 5.75 Å². The lowest BCUT2D eigenvalue weighted by atomic mass is 10.1. The first-order valence-corrected chi connectivity index (χ1v) is 10.9. The quantitative estimate of drug-likeness (QED) is 0.328. The predicted molar refractivity (Wildman–Crippen MR) is 118 cm³/mol. The van der Waals surface area contributed by atoms with Gasteiger partial charge in [0.1, 0.15) is 0 Å². The van der Waals surface area contributed by atoms with E-state index in [0.717, 1.165) is 20.1 Å². The highest BCUT2D eigenvalue weighted by atomic mass is 32.2. The van der Waals surface area contributed by atoms with Crippen molar-refractivity contribution in [3.63, 3.8) is 0 Å². The number of anilines is 1. The van der Waals surface area contributed by atoms with Crippen LogP contribution in [0.25, 0.3) is 10.2 Å². The lowest BCUT2D eigenvalue weighted by molar-refractivity contribution is 0.0926.